The van der Waals surface area contributed by atoms with Gasteiger partial charge in [0, 0.05) is 25.8 Å². The van der Waals surface area contributed by atoms with Crippen LogP contribution in [0.5, 0.6) is 0 Å². The summed E-state index contributed by atoms with van der Waals surface area (Å²) in [5, 5.41) is 10.8. The minimum Gasteiger partial charge on any atom is -0.377 e. The minimum absolute atomic E-state index is 0.0187. The zero-order valence-electron chi connectivity index (χ0n) is 11.8. The summed E-state index contributed by atoms with van der Waals surface area (Å²) in [7, 11) is 0. The molecule has 21 heavy (non-hydrogen) atoms. The number of carbonyl (C=O) groups is 1. The van der Waals surface area contributed by atoms with Crippen LogP contribution in [0, 0.1) is 10.1 Å². The predicted octanol–water partition coefficient (Wildman–Crippen LogP) is 2.89. The van der Waals surface area contributed by atoms with E-state index in [-0.39, 0.29) is 28.3 Å². The fraction of sp³-hybridized carbons (Fsp3) is 0.500. The van der Waals surface area contributed by atoms with Gasteiger partial charge in [0.15, 0.2) is 0 Å². The van der Waals surface area contributed by atoms with Gasteiger partial charge in [0.25, 0.3) is 11.6 Å². The first-order valence-corrected chi connectivity index (χ1v) is 7.26. The Labute approximate surface area is 127 Å². The molecule has 1 saturated heterocycles. The Hall–Kier alpha value is -1.66. The summed E-state index contributed by atoms with van der Waals surface area (Å²) in [6.45, 7) is 3.62. The van der Waals surface area contributed by atoms with Crippen molar-refractivity contribution in [1.82, 2.24) is 4.90 Å². The number of nitro groups is 1. The number of likely N-dealkylation sites (tertiary alicyclic amines) is 1. The number of hydrogen-bond donors (Lipinski definition) is 0. The molecule has 1 aliphatic heterocycles. The molecule has 114 valence electrons. The number of amides is 1. The molecule has 0 N–H and O–H groups in total. The normalized spacial score (nSPS) is 18.6. The molecule has 0 aliphatic carbocycles. The molecule has 2 rings (SSSR count). The molecule has 6 nitrogen and oxygen atoms in total. The van der Waals surface area contributed by atoms with Crippen molar-refractivity contribution in [2.24, 2.45) is 0 Å². The van der Waals surface area contributed by atoms with Gasteiger partial charge < -0.3 is 9.64 Å². The number of halogens is 1. The lowest BCUT2D eigenvalue weighted by atomic mass is 10.1. The molecule has 1 unspecified atom stereocenters. The van der Waals surface area contributed by atoms with Gasteiger partial charge in [0.2, 0.25) is 0 Å². The number of hydrogen-bond acceptors (Lipinski definition) is 4. The van der Waals surface area contributed by atoms with Gasteiger partial charge in [-0.15, -0.1) is 0 Å². The molecule has 1 fully saturated rings. The van der Waals surface area contributed by atoms with E-state index in [4.69, 9.17) is 16.3 Å². The fourth-order valence-corrected chi connectivity index (χ4v) is 2.77. The van der Waals surface area contributed by atoms with Gasteiger partial charge in [-0.05, 0) is 25.8 Å². The number of benzene rings is 1. The summed E-state index contributed by atoms with van der Waals surface area (Å²) in [4.78, 5) is 24.5. The van der Waals surface area contributed by atoms with Crippen LogP contribution >= 0.6 is 11.6 Å². The first kappa shape index (κ1) is 15.7. The number of nitrogens with zero attached hydrogens (tertiary/aromatic N) is 2. The van der Waals surface area contributed by atoms with E-state index >= 15 is 0 Å². The summed E-state index contributed by atoms with van der Waals surface area (Å²) in [5.74, 6) is -0.284. The van der Waals surface area contributed by atoms with Gasteiger partial charge in [-0.2, -0.15) is 0 Å². The van der Waals surface area contributed by atoms with E-state index in [1.54, 1.807) is 4.90 Å². The first-order valence-electron chi connectivity index (χ1n) is 6.88. The molecule has 1 aromatic rings. The maximum atomic E-state index is 12.5. The number of rotatable bonds is 4. The van der Waals surface area contributed by atoms with Crippen LogP contribution in [0.3, 0.4) is 0 Å². The van der Waals surface area contributed by atoms with E-state index in [1.165, 1.54) is 18.2 Å². The average Bonchev–Trinajstić information content (AvgIpc) is 2.47. The number of piperidine rings is 1. The number of carbonyl (C=O) groups excluding carboxylic acids is 1. The van der Waals surface area contributed by atoms with E-state index in [2.05, 4.69) is 0 Å². The van der Waals surface area contributed by atoms with Crippen molar-refractivity contribution in [2.75, 3.05) is 19.7 Å². The molecular formula is C14H17ClN2O4. The SMILES string of the molecule is CCOC1CCCN(C(=O)c2cccc([N+](=O)[O-])c2Cl)C1. The second-order valence-corrected chi connectivity index (χ2v) is 5.24. The van der Waals surface area contributed by atoms with Crippen molar-refractivity contribution in [2.45, 2.75) is 25.9 Å². The topological polar surface area (TPSA) is 72.7 Å². The Morgan fingerprint density at radius 2 is 2.33 bits per heavy atom. The largest absolute Gasteiger partial charge is 0.377 e. The molecule has 0 radical (unpaired) electrons. The fourth-order valence-electron chi connectivity index (χ4n) is 2.49. The Balaban J connectivity index is 2.20. The summed E-state index contributed by atoms with van der Waals surface area (Å²) < 4.78 is 5.56. The standard InChI is InChI=1S/C14H17ClN2O4/c1-2-21-10-5-4-8-16(9-10)14(18)11-6-3-7-12(13(11)15)17(19)20/h3,6-7,10H,2,4-5,8-9H2,1H3. The molecule has 1 aliphatic rings. The maximum Gasteiger partial charge on any atom is 0.288 e. The molecule has 7 heteroatoms. The lowest BCUT2D eigenvalue weighted by Gasteiger charge is -2.32. The van der Waals surface area contributed by atoms with Crippen molar-refractivity contribution >= 4 is 23.2 Å². The summed E-state index contributed by atoms with van der Waals surface area (Å²) >= 11 is 5.99. The summed E-state index contributed by atoms with van der Waals surface area (Å²) in [6, 6.07) is 4.28. The highest BCUT2D eigenvalue weighted by Crippen LogP contribution is 2.29. The van der Waals surface area contributed by atoms with Crippen molar-refractivity contribution in [3.63, 3.8) is 0 Å². The van der Waals surface area contributed by atoms with E-state index in [0.29, 0.717) is 19.7 Å². The van der Waals surface area contributed by atoms with Crippen molar-refractivity contribution in [3.8, 4) is 0 Å². The zero-order valence-corrected chi connectivity index (χ0v) is 12.5. The second kappa shape index (κ2) is 6.87. The quantitative estimate of drug-likeness (QED) is 0.633. The molecule has 1 atom stereocenters. The van der Waals surface area contributed by atoms with Crippen molar-refractivity contribution < 1.29 is 14.5 Å². The molecule has 0 spiro atoms. The van der Waals surface area contributed by atoms with Gasteiger partial charge in [0.05, 0.1) is 16.6 Å². The van der Waals surface area contributed by atoms with Crippen LogP contribution in [0.2, 0.25) is 5.02 Å². The molecule has 0 bridgehead atoms. The second-order valence-electron chi connectivity index (χ2n) is 4.87. The van der Waals surface area contributed by atoms with Crippen LogP contribution in [-0.4, -0.2) is 41.5 Å². The molecule has 1 aromatic carbocycles. The minimum atomic E-state index is -0.585. The van der Waals surface area contributed by atoms with Crippen LogP contribution in [0.25, 0.3) is 0 Å². The maximum absolute atomic E-state index is 12.5. The third-order valence-corrected chi connectivity index (χ3v) is 3.87. The van der Waals surface area contributed by atoms with Gasteiger partial charge >= 0.3 is 0 Å². The van der Waals surface area contributed by atoms with Crippen LogP contribution in [0.1, 0.15) is 30.1 Å². The number of ether oxygens (including phenoxy) is 1. The highest BCUT2D eigenvalue weighted by molar-refractivity contribution is 6.35. The van der Waals surface area contributed by atoms with Gasteiger partial charge in [-0.3, -0.25) is 14.9 Å². The third kappa shape index (κ3) is 3.51. The lowest BCUT2D eigenvalue weighted by Crippen LogP contribution is -2.43. The molecule has 0 aromatic heterocycles. The third-order valence-electron chi connectivity index (χ3n) is 3.47. The smallest absolute Gasteiger partial charge is 0.288 e. The van der Waals surface area contributed by atoms with Crippen LogP contribution in [-0.2, 0) is 4.74 Å². The highest BCUT2D eigenvalue weighted by Gasteiger charge is 2.28. The Bertz CT molecular complexity index is 548. The Morgan fingerprint density at radius 1 is 1.57 bits per heavy atom. The van der Waals surface area contributed by atoms with Crippen LogP contribution in [0.4, 0.5) is 5.69 Å². The summed E-state index contributed by atoms with van der Waals surface area (Å²) in [5.41, 5.74) is -0.0797. The van der Waals surface area contributed by atoms with Crippen molar-refractivity contribution in [1.29, 1.82) is 0 Å². The van der Waals surface area contributed by atoms with Crippen molar-refractivity contribution in [3.05, 3.63) is 38.9 Å². The molecule has 1 heterocycles. The van der Waals surface area contributed by atoms with Gasteiger partial charge in [0.1, 0.15) is 5.02 Å². The van der Waals surface area contributed by atoms with E-state index in [9.17, 15) is 14.9 Å². The average molecular weight is 313 g/mol. The zero-order chi connectivity index (χ0) is 15.4. The van der Waals surface area contributed by atoms with Gasteiger partial charge in [-0.25, -0.2) is 0 Å². The first-order chi connectivity index (χ1) is 10.0. The molecule has 1 amide bonds. The lowest BCUT2D eigenvalue weighted by molar-refractivity contribution is -0.384. The Kier molecular flexibility index (Phi) is 5.14. The monoisotopic (exact) mass is 312 g/mol. The highest BCUT2D eigenvalue weighted by atomic mass is 35.5. The van der Waals surface area contributed by atoms with E-state index < -0.39 is 4.92 Å². The van der Waals surface area contributed by atoms with Crippen LogP contribution in [0.15, 0.2) is 18.2 Å². The van der Waals surface area contributed by atoms with Crippen LogP contribution < -0.4 is 0 Å². The predicted molar refractivity (Wildman–Crippen MR) is 78.7 cm³/mol. The molecular weight excluding hydrogens is 296 g/mol. The number of nitro benzene ring substituents is 1. The molecule has 0 saturated carbocycles. The summed E-state index contributed by atoms with van der Waals surface area (Å²) in [6.07, 6.45) is 1.79. The van der Waals surface area contributed by atoms with E-state index in [0.717, 1.165) is 12.8 Å². The Morgan fingerprint density at radius 3 is 3.00 bits per heavy atom. The van der Waals surface area contributed by atoms with E-state index in [1.807, 2.05) is 6.92 Å². The van der Waals surface area contributed by atoms with Gasteiger partial charge in [-0.1, -0.05) is 17.7 Å².